The molecule has 0 heterocycles. The predicted molar refractivity (Wildman–Crippen MR) is 57.8 cm³/mol. The van der Waals surface area contributed by atoms with Crippen molar-refractivity contribution in [2.75, 3.05) is 0 Å². The zero-order chi connectivity index (χ0) is 9.42. The Labute approximate surface area is 80.3 Å². The van der Waals surface area contributed by atoms with Gasteiger partial charge in [-0.25, -0.2) is 0 Å². The Kier molecular flexibility index (Phi) is 1.99. The number of fused-ring (bicyclic) bond motifs is 1. The van der Waals surface area contributed by atoms with Gasteiger partial charge >= 0.3 is 0 Å². The molecule has 0 aliphatic heterocycles. The first-order chi connectivity index (χ1) is 6.22. The van der Waals surface area contributed by atoms with Crippen LogP contribution in [0, 0.1) is 6.92 Å². The van der Waals surface area contributed by atoms with Gasteiger partial charge in [0.15, 0.2) is 0 Å². The monoisotopic (exact) mass is 172 g/mol. The minimum absolute atomic E-state index is 1.17. The maximum absolute atomic E-state index is 2.32. The topological polar surface area (TPSA) is 0 Å². The van der Waals surface area contributed by atoms with Crippen LogP contribution in [0.4, 0.5) is 0 Å². The zero-order valence-corrected chi connectivity index (χ0v) is 8.65. The second-order valence-corrected chi connectivity index (χ2v) is 3.95. The second kappa shape index (κ2) is 3.02. The first-order valence-electron chi connectivity index (χ1n) is 5.01. The maximum atomic E-state index is 2.32. The van der Waals surface area contributed by atoms with Gasteiger partial charge in [0.05, 0.1) is 0 Å². The van der Waals surface area contributed by atoms with Gasteiger partial charge in [-0.05, 0) is 43.4 Å². The molecule has 13 heavy (non-hydrogen) atoms. The van der Waals surface area contributed by atoms with E-state index in [0.717, 1.165) is 0 Å². The third kappa shape index (κ3) is 1.31. The van der Waals surface area contributed by atoms with Crippen molar-refractivity contribution in [1.29, 1.82) is 0 Å². The van der Waals surface area contributed by atoms with Gasteiger partial charge < -0.3 is 0 Å². The third-order valence-electron chi connectivity index (χ3n) is 2.91. The van der Waals surface area contributed by atoms with Crippen molar-refractivity contribution in [2.24, 2.45) is 0 Å². The highest BCUT2D eigenvalue weighted by atomic mass is 14.2. The molecule has 0 heteroatoms. The Balaban J connectivity index is 2.55. The summed E-state index contributed by atoms with van der Waals surface area (Å²) in [6, 6.07) is 6.81. The molecule has 1 aliphatic carbocycles. The van der Waals surface area contributed by atoms with E-state index in [9.17, 15) is 0 Å². The smallest absolute Gasteiger partial charge is 0.00578 e. The van der Waals surface area contributed by atoms with E-state index in [-0.39, 0.29) is 0 Å². The van der Waals surface area contributed by atoms with Crippen LogP contribution >= 0.6 is 0 Å². The predicted octanol–water partition coefficient (Wildman–Crippen LogP) is 3.73. The lowest BCUT2D eigenvalue weighted by Crippen LogP contribution is -1.84. The molecule has 0 unspecified atom stereocenters. The molecule has 1 aromatic carbocycles. The standard InChI is InChI=1S/C13H16/c1-4-12-10(3)8-11-6-5-9(2)7-13(11)12/h5-7H,4,8H2,1-3H3. The highest BCUT2D eigenvalue weighted by Crippen LogP contribution is 2.34. The summed E-state index contributed by atoms with van der Waals surface area (Å²) in [5, 5.41) is 0. The molecule has 1 aliphatic rings. The van der Waals surface area contributed by atoms with Crippen LogP contribution in [0.1, 0.15) is 37.0 Å². The Morgan fingerprint density at radius 3 is 2.69 bits per heavy atom. The summed E-state index contributed by atoms with van der Waals surface area (Å²) in [7, 11) is 0. The minimum atomic E-state index is 1.17. The van der Waals surface area contributed by atoms with Crippen LogP contribution in [0.2, 0.25) is 0 Å². The van der Waals surface area contributed by atoms with E-state index in [0.29, 0.717) is 0 Å². The van der Waals surface area contributed by atoms with Gasteiger partial charge in [0, 0.05) is 0 Å². The average Bonchev–Trinajstić information content (AvgIpc) is 2.40. The molecule has 2 rings (SSSR count). The van der Waals surface area contributed by atoms with Gasteiger partial charge in [0.2, 0.25) is 0 Å². The van der Waals surface area contributed by atoms with Crippen molar-refractivity contribution in [2.45, 2.75) is 33.6 Å². The van der Waals surface area contributed by atoms with Crippen LogP contribution in [0.3, 0.4) is 0 Å². The molecule has 1 aromatic rings. The number of rotatable bonds is 1. The number of benzene rings is 1. The molecule has 0 N–H and O–H groups in total. The van der Waals surface area contributed by atoms with Crippen LogP contribution in [0.25, 0.3) is 5.57 Å². The summed E-state index contributed by atoms with van der Waals surface area (Å²) in [6.07, 6.45) is 2.33. The molecular weight excluding hydrogens is 156 g/mol. The molecule has 0 bridgehead atoms. The Morgan fingerprint density at radius 2 is 2.00 bits per heavy atom. The summed E-state index contributed by atoms with van der Waals surface area (Å²) >= 11 is 0. The lowest BCUT2D eigenvalue weighted by molar-refractivity contribution is 1.17. The molecule has 0 spiro atoms. The first-order valence-corrected chi connectivity index (χ1v) is 5.01. The van der Waals surface area contributed by atoms with Crippen LogP contribution in [-0.2, 0) is 6.42 Å². The van der Waals surface area contributed by atoms with Crippen molar-refractivity contribution < 1.29 is 0 Å². The number of hydrogen-bond donors (Lipinski definition) is 0. The molecule has 0 saturated carbocycles. The molecule has 0 amide bonds. The van der Waals surface area contributed by atoms with Crippen LogP contribution in [0.15, 0.2) is 23.8 Å². The number of hydrogen-bond acceptors (Lipinski definition) is 0. The van der Waals surface area contributed by atoms with E-state index in [4.69, 9.17) is 0 Å². The van der Waals surface area contributed by atoms with Crippen molar-refractivity contribution in [3.63, 3.8) is 0 Å². The van der Waals surface area contributed by atoms with E-state index in [1.54, 1.807) is 11.1 Å². The highest BCUT2D eigenvalue weighted by molar-refractivity contribution is 5.76. The fourth-order valence-corrected chi connectivity index (χ4v) is 2.24. The van der Waals surface area contributed by atoms with E-state index in [1.165, 1.54) is 29.5 Å². The molecule has 0 nitrogen and oxygen atoms in total. The van der Waals surface area contributed by atoms with Crippen molar-refractivity contribution in [3.05, 3.63) is 40.5 Å². The maximum Gasteiger partial charge on any atom is -0.00578 e. The van der Waals surface area contributed by atoms with Crippen molar-refractivity contribution in [3.8, 4) is 0 Å². The van der Waals surface area contributed by atoms with Gasteiger partial charge in [-0.2, -0.15) is 0 Å². The average molecular weight is 172 g/mol. The SMILES string of the molecule is CCC1=C(C)Cc2ccc(C)cc21. The Bertz CT molecular complexity index is 370. The summed E-state index contributed by atoms with van der Waals surface area (Å²) in [5.41, 5.74) is 7.51. The highest BCUT2D eigenvalue weighted by Gasteiger charge is 2.16. The molecule has 0 aromatic heterocycles. The van der Waals surface area contributed by atoms with Crippen molar-refractivity contribution in [1.82, 2.24) is 0 Å². The summed E-state index contributed by atoms with van der Waals surface area (Å²) in [5.74, 6) is 0. The molecule has 0 atom stereocenters. The fraction of sp³-hybridized carbons (Fsp3) is 0.385. The first kappa shape index (κ1) is 8.55. The van der Waals surface area contributed by atoms with Crippen molar-refractivity contribution >= 4 is 5.57 Å². The normalized spacial score (nSPS) is 15.0. The molecule has 0 radical (unpaired) electrons. The lowest BCUT2D eigenvalue weighted by atomic mass is 10.0. The Hall–Kier alpha value is -1.04. The molecule has 0 fully saturated rings. The van der Waals surface area contributed by atoms with Crippen LogP contribution in [-0.4, -0.2) is 0 Å². The largest absolute Gasteiger partial charge is 0.0651 e. The summed E-state index contributed by atoms with van der Waals surface area (Å²) in [6.45, 7) is 6.67. The molecular formula is C13H16. The van der Waals surface area contributed by atoms with Gasteiger partial charge in [-0.1, -0.05) is 36.3 Å². The Morgan fingerprint density at radius 1 is 1.23 bits per heavy atom. The number of allylic oxidation sites excluding steroid dienone is 2. The van der Waals surface area contributed by atoms with E-state index in [1.807, 2.05) is 0 Å². The molecule has 0 saturated heterocycles. The number of aryl methyl sites for hydroxylation is 1. The van der Waals surface area contributed by atoms with Gasteiger partial charge in [0.25, 0.3) is 0 Å². The van der Waals surface area contributed by atoms with E-state index >= 15 is 0 Å². The fourth-order valence-electron chi connectivity index (χ4n) is 2.24. The van der Waals surface area contributed by atoms with E-state index < -0.39 is 0 Å². The molecule has 68 valence electrons. The van der Waals surface area contributed by atoms with Gasteiger partial charge in [-0.3, -0.25) is 0 Å². The van der Waals surface area contributed by atoms with Gasteiger partial charge in [0.1, 0.15) is 0 Å². The summed E-state index contributed by atoms with van der Waals surface area (Å²) < 4.78 is 0. The second-order valence-electron chi connectivity index (χ2n) is 3.95. The minimum Gasteiger partial charge on any atom is -0.0651 e. The third-order valence-corrected chi connectivity index (χ3v) is 2.91. The van der Waals surface area contributed by atoms with Crippen LogP contribution in [0.5, 0.6) is 0 Å². The zero-order valence-electron chi connectivity index (χ0n) is 8.65. The van der Waals surface area contributed by atoms with Crippen LogP contribution < -0.4 is 0 Å². The van der Waals surface area contributed by atoms with E-state index in [2.05, 4.69) is 39.0 Å². The quantitative estimate of drug-likeness (QED) is 0.605. The summed E-state index contributed by atoms with van der Waals surface area (Å²) in [4.78, 5) is 0. The lowest BCUT2D eigenvalue weighted by Gasteiger charge is -2.04. The van der Waals surface area contributed by atoms with Gasteiger partial charge in [-0.15, -0.1) is 0 Å².